The molecule has 4 heteroatoms. The van der Waals surface area contributed by atoms with Crippen LogP contribution in [0.25, 0.3) is 0 Å². The van der Waals surface area contributed by atoms with E-state index in [1.807, 2.05) is 24.3 Å². The minimum atomic E-state index is -0.597. The molecule has 0 aromatic heterocycles. The number of fused-ring (bicyclic) bond motifs is 2. The third-order valence-corrected chi connectivity index (χ3v) is 5.33. The van der Waals surface area contributed by atoms with Crippen LogP contribution in [0, 0.1) is 11.8 Å². The molecule has 21 heavy (non-hydrogen) atoms. The predicted molar refractivity (Wildman–Crippen MR) is 76.8 cm³/mol. The smallest absolute Gasteiger partial charge is 0.234 e. The van der Waals surface area contributed by atoms with Gasteiger partial charge in [0, 0.05) is 18.3 Å². The summed E-state index contributed by atoms with van der Waals surface area (Å²) >= 11 is 0. The van der Waals surface area contributed by atoms with Crippen LogP contribution < -0.4 is 10.1 Å². The minimum absolute atomic E-state index is 0.0403. The first-order valence-electron chi connectivity index (χ1n) is 7.73. The highest BCUT2D eigenvalue weighted by molar-refractivity contribution is 6.02. The fourth-order valence-electron chi connectivity index (χ4n) is 4.51. The lowest BCUT2D eigenvalue weighted by Gasteiger charge is -2.56. The zero-order valence-electron chi connectivity index (χ0n) is 12.1. The summed E-state index contributed by atoms with van der Waals surface area (Å²) in [5.74, 6) is 0.195. The minimum Gasteiger partial charge on any atom is -0.467 e. The Morgan fingerprint density at radius 1 is 1.33 bits per heavy atom. The van der Waals surface area contributed by atoms with Gasteiger partial charge in [0.15, 0.2) is 5.72 Å². The van der Waals surface area contributed by atoms with Crippen molar-refractivity contribution >= 4 is 11.7 Å². The zero-order valence-corrected chi connectivity index (χ0v) is 12.1. The number of hydrogen-bond acceptors (Lipinski definition) is 3. The third kappa shape index (κ3) is 1.68. The van der Waals surface area contributed by atoms with Gasteiger partial charge in [-0.3, -0.25) is 9.59 Å². The second-order valence-electron chi connectivity index (χ2n) is 6.49. The number of benzene rings is 1. The summed E-state index contributed by atoms with van der Waals surface area (Å²) in [6.45, 7) is 1.53. The summed E-state index contributed by atoms with van der Waals surface area (Å²) in [4.78, 5) is 24.6. The molecule has 0 radical (unpaired) electrons. The van der Waals surface area contributed by atoms with Gasteiger partial charge >= 0.3 is 0 Å². The molecule has 2 heterocycles. The molecule has 1 saturated carbocycles. The largest absolute Gasteiger partial charge is 0.467 e. The molecule has 4 rings (SSSR count). The number of Topliss-reactive ketones (excluding diaryl/α,β-unsaturated/α-hetero) is 1. The first-order chi connectivity index (χ1) is 10.1. The first-order valence-corrected chi connectivity index (χ1v) is 7.73. The van der Waals surface area contributed by atoms with Crippen molar-refractivity contribution in [2.75, 3.05) is 0 Å². The molecule has 1 N–H and O–H groups in total. The van der Waals surface area contributed by atoms with Crippen molar-refractivity contribution < 1.29 is 14.3 Å². The molecule has 2 fully saturated rings. The lowest BCUT2D eigenvalue weighted by Crippen LogP contribution is -2.69. The van der Waals surface area contributed by atoms with E-state index in [4.69, 9.17) is 4.74 Å². The number of ether oxygens (including phenoxy) is 1. The van der Waals surface area contributed by atoms with Crippen LogP contribution in [0.2, 0.25) is 0 Å². The number of hydrogen-bond donors (Lipinski definition) is 1. The number of carbonyl (C=O) groups is 2. The van der Waals surface area contributed by atoms with E-state index in [0.717, 1.165) is 37.0 Å². The molecule has 110 valence electrons. The van der Waals surface area contributed by atoms with Crippen molar-refractivity contribution in [3.63, 3.8) is 0 Å². The Bertz CT molecular complexity index is 626. The molecule has 2 bridgehead atoms. The highest BCUT2D eigenvalue weighted by Gasteiger charge is 2.59. The maximum atomic E-state index is 12.5. The van der Waals surface area contributed by atoms with Gasteiger partial charge in [0.05, 0.1) is 0 Å². The third-order valence-electron chi connectivity index (χ3n) is 5.33. The van der Waals surface area contributed by atoms with Crippen LogP contribution in [0.3, 0.4) is 0 Å². The van der Waals surface area contributed by atoms with Gasteiger partial charge < -0.3 is 10.1 Å². The fourth-order valence-corrected chi connectivity index (χ4v) is 4.51. The lowest BCUT2D eigenvalue weighted by molar-refractivity contribution is -0.160. The molecule has 3 aliphatic rings. The maximum Gasteiger partial charge on any atom is 0.234 e. The summed E-state index contributed by atoms with van der Waals surface area (Å²) in [6, 6.07) is 7.86. The number of piperidine rings is 1. The van der Waals surface area contributed by atoms with E-state index in [1.54, 1.807) is 0 Å². The van der Waals surface area contributed by atoms with E-state index in [1.165, 1.54) is 6.92 Å². The van der Waals surface area contributed by atoms with Crippen molar-refractivity contribution in [1.82, 2.24) is 5.32 Å². The molecule has 1 aromatic rings. The molecular formula is C17H19NO3. The average Bonchev–Trinajstić information content (AvgIpc) is 2.45. The number of amides is 1. The van der Waals surface area contributed by atoms with Gasteiger partial charge in [-0.15, -0.1) is 0 Å². The van der Waals surface area contributed by atoms with Crippen LogP contribution in [0.1, 0.15) is 44.1 Å². The summed E-state index contributed by atoms with van der Waals surface area (Å²) in [6.07, 6.45) is 4.02. The van der Waals surface area contributed by atoms with Crippen LogP contribution in [0.5, 0.6) is 5.75 Å². The van der Waals surface area contributed by atoms with Crippen LogP contribution in [0.4, 0.5) is 0 Å². The quantitative estimate of drug-likeness (QED) is 0.806. The van der Waals surface area contributed by atoms with Crippen LogP contribution in [0.15, 0.2) is 24.3 Å². The number of ketones is 1. The van der Waals surface area contributed by atoms with Crippen LogP contribution in [-0.4, -0.2) is 17.4 Å². The SMILES string of the molecule is CC(=O)[C@H]1C(=O)N[C@]23CCCC[C@@H]2[C@H]1c1ccccc1O3. The molecule has 1 aromatic carbocycles. The van der Waals surface area contributed by atoms with Gasteiger partial charge in [0.1, 0.15) is 17.5 Å². The Balaban J connectivity index is 1.92. The van der Waals surface area contributed by atoms with E-state index in [-0.39, 0.29) is 23.5 Å². The molecule has 0 spiro atoms. The predicted octanol–water partition coefficient (Wildman–Crippen LogP) is 2.38. The summed E-state index contributed by atoms with van der Waals surface area (Å²) < 4.78 is 6.25. The summed E-state index contributed by atoms with van der Waals surface area (Å²) in [5, 5.41) is 3.05. The Hall–Kier alpha value is -1.84. The second-order valence-corrected chi connectivity index (χ2v) is 6.49. The van der Waals surface area contributed by atoms with E-state index < -0.39 is 11.6 Å². The normalized spacial score (nSPS) is 36.8. The topological polar surface area (TPSA) is 55.4 Å². The second kappa shape index (κ2) is 4.33. The van der Waals surface area contributed by atoms with Gasteiger partial charge in [-0.25, -0.2) is 0 Å². The number of rotatable bonds is 1. The summed E-state index contributed by atoms with van der Waals surface area (Å²) in [5.41, 5.74) is 0.426. The van der Waals surface area contributed by atoms with Gasteiger partial charge in [0.2, 0.25) is 5.91 Å². The van der Waals surface area contributed by atoms with Gasteiger partial charge in [-0.1, -0.05) is 24.6 Å². The van der Waals surface area contributed by atoms with Crippen molar-refractivity contribution in [1.29, 1.82) is 0 Å². The fraction of sp³-hybridized carbons (Fsp3) is 0.529. The highest BCUT2D eigenvalue weighted by Crippen LogP contribution is 2.55. The van der Waals surface area contributed by atoms with Crippen molar-refractivity contribution in [2.24, 2.45) is 11.8 Å². The number of carbonyl (C=O) groups excluding carboxylic acids is 2. The Morgan fingerprint density at radius 3 is 2.95 bits per heavy atom. The Kier molecular flexibility index (Phi) is 2.65. The molecule has 1 amide bonds. The molecular weight excluding hydrogens is 266 g/mol. The Morgan fingerprint density at radius 2 is 2.14 bits per heavy atom. The number of para-hydroxylation sites is 1. The first kappa shape index (κ1) is 12.9. The average molecular weight is 285 g/mol. The molecule has 1 aliphatic carbocycles. The summed E-state index contributed by atoms with van der Waals surface area (Å²) in [7, 11) is 0. The van der Waals surface area contributed by atoms with E-state index >= 15 is 0 Å². The molecule has 4 atom stereocenters. The number of nitrogens with one attached hydrogen (secondary N) is 1. The van der Waals surface area contributed by atoms with Crippen molar-refractivity contribution in [3.05, 3.63) is 29.8 Å². The zero-order chi connectivity index (χ0) is 14.6. The van der Waals surface area contributed by atoms with E-state index in [2.05, 4.69) is 5.32 Å². The highest BCUT2D eigenvalue weighted by atomic mass is 16.5. The molecule has 4 nitrogen and oxygen atoms in total. The molecule has 1 saturated heterocycles. The molecule has 0 unspecified atom stereocenters. The van der Waals surface area contributed by atoms with E-state index in [9.17, 15) is 9.59 Å². The van der Waals surface area contributed by atoms with Gasteiger partial charge in [-0.05, 0) is 31.4 Å². The van der Waals surface area contributed by atoms with Crippen LogP contribution >= 0.6 is 0 Å². The van der Waals surface area contributed by atoms with E-state index in [0.29, 0.717) is 0 Å². The Labute approximate surface area is 123 Å². The standard InChI is InChI=1S/C17H19NO3/c1-10(19)14-15-11-6-2-3-8-13(11)21-17(18-16(14)20)9-5-4-7-12(15)17/h2-3,6,8,12,14-15H,4-5,7,9H2,1H3,(H,18,20)/t12-,14-,15-,17+/m1/s1. The van der Waals surface area contributed by atoms with Crippen molar-refractivity contribution in [2.45, 2.75) is 44.2 Å². The monoisotopic (exact) mass is 285 g/mol. The van der Waals surface area contributed by atoms with Gasteiger partial charge in [0.25, 0.3) is 0 Å². The van der Waals surface area contributed by atoms with Gasteiger partial charge in [-0.2, -0.15) is 0 Å². The maximum absolute atomic E-state index is 12.5. The molecule has 2 aliphatic heterocycles. The van der Waals surface area contributed by atoms with Crippen molar-refractivity contribution in [3.8, 4) is 5.75 Å². The lowest BCUT2D eigenvalue weighted by atomic mass is 9.61. The van der Waals surface area contributed by atoms with Crippen LogP contribution in [-0.2, 0) is 9.59 Å².